The highest BCUT2D eigenvalue weighted by Crippen LogP contribution is 2.31. The fourth-order valence-corrected chi connectivity index (χ4v) is 5.45. The molecule has 0 saturated carbocycles. The second-order valence-corrected chi connectivity index (χ2v) is 9.82. The number of aromatic nitrogens is 1. The molecule has 3 amide bonds. The number of rotatable bonds is 5. The molecule has 2 aromatic carbocycles. The summed E-state index contributed by atoms with van der Waals surface area (Å²) in [6, 6.07) is 16.7. The topological polar surface area (TPSA) is 116 Å². The van der Waals surface area contributed by atoms with Gasteiger partial charge in [-0.25, -0.2) is 4.98 Å². The highest BCUT2D eigenvalue weighted by atomic mass is 16.5. The van der Waals surface area contributed by atoms with E-state index in [-0.39, 0.29) is 24.3 Å². The monoisotopic (exact) mass is 495 g/mol. The summed E-state index contributed by atoms with van der Waals surface area (Å²) in [7, 11) is 0. The number of piperidine rings is 1. The predicted molar refractivity (Wildman–Crippen MR) is 133 cm³/mol. The van der Waals surface area contributed by atoms with Crippen molar-refractivity contribution in [3.8, 4) is 11.8 Å². The van der Waals surface area contributed by atoms with Crippen LogP contribution in [-0.2, 0) is 22.7 Å². The minimum absolute atomic E-state index is 0.0432. The van der Waals surface area contributed by atoms with Crippen molar-refractivity contribution >= 4 is 28.6 Å². The van der Waals surface area contributed by atoms with Crippen LogP contribution in [0.3, 0.4) is 0 Å². The van der Waals surface area contributed by atoms with Crippen LogP contribution in [0.25, 0.3) is 10.9 Å². The van der Waals surface area contributed by atoms with E-state index in [4.69, 9.17) is 10.00 Å². The van der Waals surface area contributed by atoms with Crippen LogP contribution in [0, 0.1) is 11.3 Å². The molecular weight excluding hydrogens is 470 g/mol. The second-order valence-electron chi connectivity index (χ2n) is 9.82. The van der Waals surface area contributed by atoms with Crippen molar-refractivity contribution in [3.63, 3.8) is 0 Å². The lowest BCUT2D eigenvalue weighted by atomic mass is 10.0. The van der Waals surface area contributed by atoms with Gasteiger partial charge in [0.1, 0.15) is 29.7 Å². The standard InChI is InChI=1S/C28H25N5O4/c29-13-20-3-2-18-11-17(1-6-24(18)30-20)14-32-10-9-22(16-32)37-21-4-5-23-19(12-21)15-33(28(23)36)25-7-8-26(34)31-27(25)35/h1-6,11-12,22,25H,7-10,14-16H2,(H,31,34,35)/t22-,25?/m0/s1. The van der Waals surface area contributed by atoms with Crippen molar-refractivity contribution in [1.29, 1.82) is 5.26 Å². The van der Waals surface area contributed by atoms with Gasteiger partial charge in [0.25, 0.3) is 5.91 Å². The Morgan fingerprint density at radius 1 is 1.08 bits per heavy atom. The van der Waals surface area contributed by atoms with E-state index in [2.05, 4.69) is 33.4 Å². The van der Waals surface area contributed by atoms with Crippen LogP contribution in [0.2, 0.25) is 0 Å². The van der Waals surface area contributed by atoms with Crippen molar-refractivity contribution in [1.82, 2.24) is 20.1 Å². The predicted octanol–water partition coefficient (Wildman–Crippen LogP) is 2.52. The Morgan fingerprint density at radius 2 is 1.97 bits per heavy atom. The Labute approximate surface area is 213 Å². The van der Waals surface area contributed by atoms with Gasteiger partial charge in [0.05, 0.1) is 5.52 Å². The highest BCUT2D eigenvalue weighted by molar-refractivity contribution is 6.05. The molecule has 0 radical (unpaired) electrons. The molecule has 37 heavy (non-hydrogen) atoms. The number of likely N-dealkylation sites (tertiary alicyclic amines) is 1. The Kier molecular flexibility index (Phi) is 5.81. The molecule has 2 atom stereocenters. The van der Waals surface area contributed by atoms with E-state index >= 15 is 0 Å². The maximum atomic E-state index is 12.9. The van der Waals surface area contributed by atoms with Gasteiger partial charge < -0.3 is 9.64 Å². The van der Waals surface area contributed by atoms with Crippen molar-refractivity contribution in [3.05, 3.63) is 70.9 Å². The van der Waals surface area contributed by atoms with E-state index in [9.17, 15) is 14.4 Å². The summed E-state index contributed by atoms with van der Waals surface area (Å²) in [5, 5.41) is 12.4. The van der Waals surface area contributed by atoms with E-state index in [1.807, 2.05) is 24.3 Å². The van der Waals surface area contributed by atoms with E-state index < -0.39 is 11.9 Å². The molecule has 0 aliphatic carbocycles. The number of carbonyl (C=O) groups excluding carboxylic acids is 3. The van der Waals surface area contributed by atoms with Crippen molar-refractivity contribution in [2.75, 3.05) is 13.1 Å². The van der Waals surface area contributed by atoms with Crippen LogP contribution < -0.4 is 10.1 Å². The van der Waals surface area contributed by atoms with Gasteiger partial charge in [0.2, 0.25) is 11.8 Å². The summed E-state index contributed by atoms with van der Waals surface area (Å²) >= 11 is 0. The minimum atomic E-state index is -0.621. The summed E-state index contributed by atoms with van der Waals surface area (Å²) in [4.78, 5) is 44.9. The number of amides is 3. The van der Waals surface area contributed by atoms with Crippen LogP contribution in [0.1, 0.15) is 46.4 Å². The third-order valence-electron chi connectivity index (χ3n) is 7.30. The maximum Gasteiger partial charge on any atom is 0.255 e. The van der Waals surface area contributed by atoms with E-state index in [1.165, 1.54) is 5.56 Å². The van der Waals surface area contributed by atoms with Gasteiger partial charge in [-0.1, -0.05) is 6.07 Å². The van der Waals surface area contributed by atoms with E-state index in [0.29, 0.717) is 30.0 Å². The summed E-state index contributed by atoms with van der Waals surface area (Å²) < 4.78 is 6.28. The fraction of sp³-hybridized carbons (Fsp3) is 0.321. The Hall–Kier alpha value is -4.29. The Morgan fingerprint density at radius 3 is 2.81 bits per heavy atom. The zero-order chi connectivity index (χ0) is 25.5. The first-order valence-corrected chi connectivity index (χ1v) is 12.4. The molecule has 9 heteroatoms. The number of imide groups is 1. The maximum absolute atomic E-state index is 12.9. The molecule has 3 aliphatic rings. The third kappa shape index (κ3) is 4.52. The molecule has 3 aromatic rings. The van der Waals surface area contributed by atoms with Gasteiger partial charge in [-0.15, -0.1) is 0 Å². The van der Waals surface area contributed by atoms with Crippen molar-refractivity contribution in [2.45, 2.75) is 44.5 Å². The van der Waals surface area contributed by atoms with Gasteiger partial charge in [0, 0.05) is 43.5 Å². The molecule has 1 aromatic heterocycles. The number of benzene rings is 2. The molecule has 4 heterocycles. The molecule has 186 valence electrons. The number of nitriles is 1. The zero-order valence-electron chi connectivity index (χ0n) is 20.1. The molecular formula is C28H25N5O4. The smallest absolute Gasteiger partial charge is 0.255 e. The minimum Gasteiger partial charge on any atom is -0.489 e. The van der Waals surface area contributed by atoms with E-state index in [1.54, 1.807) is 17.0 Å². The number of nitrogens with one attached hydrogen (secondary N) is 1. The largest absolute Gasteiger partial charge is 0.489 e. The van der Waals surface area contributed by atoms with Gasteiger partial charge in [-0.3, -0.25) is 24.6 Å². The summed E-state index contributed by atoms with van der Waals surface area (Å²) in [5.41, 5.74) is 3.84. The summed E-state index contributed by atoms with van der Waals surface area (Å²) in [6.07, 6.45) is 1.53. The molecule has 3 aliphatic heterocycles. The quantitative estimate of drug-likeness (QED) is 0.541. The normalized spacial score (nSPS) is 21.7. The molecule has 0 bridgehead atoms. The molecule has 2 fully saturated rings. The summed E-state index contributed by atoms with van der Waals surface area (Å²) in [6.45, 7) is 2.85. The molecule has 6 rings (SSSR count). The SMILES string of the molecule is N#Cc1ccc2cc(CN3CC[C@H](Oc4ccc5c(c4)CN(C4CCC(=O)NC4=O)C5=O)C3)ccc2n1. The molecule has 9 nitrogen and oxygen atoms in total. The number of ether oxygens (including phenoxy) is 1. The lowest BCUT2D eigenvalue weighted by molar-refractivity contribution is -0.136. The number of hydrogen-bond donors (Lipinski definition) is 1. The van der Waals surface area contributed by atoms with Crippen LogP contribution in [0.5, 0.6) is 5.75 Å². The molecule has 1 unspecified atom stereocenters. The lowest BCUT2D eigenvalue weighted by Gasteiger charge is -2.29. The second kappa shape index (κ2) is 9.30. The van der Waals surface area contributed by atoms with Gasteiger partial charge in [-0.2, -0.15) is 5.26 Å². The van der Waals surface area contributed by atoms with Crippen LogP contribution in [-0.4, -0.2) is 57.7 Å². The fourth-order valence-electron chi connectivity index (χ4n) is 5.45. The first-order chi connectivity index (χ1) is 18.0. The first kappa shape index (κ1) is 23.1. The van der Waals surface area contributed by atoms with Crippen molar-refractivity contribution < 1.29 is 19.1 Å². The number of hydrogen-bond acceptors (Lipinski definition) is 7. The number of fused-ring (bicyclic) bond motifs is 2. The zero-order valence-corrected chi connectivity index (χ0v) is 20.1. The highest BCUT2D eigenvalue weighted by Gasteiger charge is 2.39. The molecule has 0 spiro atoms. The van der Waals surface area contributed by atoms with E-state index in [0.717, 1.165) is 42.5 Å². The van der Waals surface area contributed by atoms with Crippen molar-refractivity contribution in [2.24, 2.45) is 0 Å². The van der Waals surface area contributed by atoms with Crippen LogP contribution in [0.4, 0.5) is 0 Å². The van der Waals surface area contributed by atoms with Crippen LogP contribution >= 0.6 is 0 Å². The van der Waals surface area contributed by atoms with Gasteiger partial charge in [-0.05, 0) is 66.4 Å². The third-order valence-corrected chi connectivity index (χ3v) is 7.30. The summed E-state index contributed by atoms with van der Waals surface area (Å²) in [5.74, 6) is -0.167. The molecule has 2 saturated heterocycles. The number of pyridine rings is 1. The van der Waals surface area contributed by atoms with Crippen LogP contribution in [0.15, 0.2) is 48.5 Å². The lowest BCUT2D eigenvalue weighted by Crippen LogP contribution is -2.52. The van der Waals surface area contributed by atoms with Gasteiger partial charge in [0.15, 0.2) is 0 Å². The number of carbonyl (C=O) groups is 3. The molecule has 1 N–H and O–H groups in total. The van der Waals surface area contributed by atoms with Gasteiger partial charge >= 0.3 is 0 Å². The Balaban J connectivity index is 1.08. The first-order valence-electron chi connectivity index (χ1n) is 12.4. The Bertz CT molecular complexity index is 1480. The average Bonchev–Trinajstić information content (AvgIpc) is 3.47. The average molecular weight is 496 g/mol. The number of nitrogens with zero attached hydrogens (tertiary/aromatic N) is 4.